The lowest BCUT2D eigenvalue weighted by Gasteiger charge is -2.07. The van der Waals surface area contributed by atoms with Crippen molar-refractivity contribution in [3.8, 4) is 5.75 Å². The Labute approximate surface area is 118 Å². The number of hydrogen-bond acceptors (Lipinski definition) is 4. The van der Waals surface area contributed by atoms with Crippen LogP contribution in [-0.2, 0) is 13.0 Å². The molecule has 0 fully saturated rings. The highest BCUT2D eigenvalue weighted by Crippen LogP contribution is 2.16. The van der Waals surface area contributed by atoms with Gasteiger partial charge in [0, 0.05) is 13.0 Å². The molecule has 0 saturated heterocycles. The topological polar surface area (TPSA) is 57.0 Å². The fraction of sp³-hybridized carbons (Fsp3) is 0.400. The van der Waals surface area contributed by atoms with E-state index in [1.807, 2.05) is 31.2 Å². The third-order valence-corrected chi connectivity index (χ3v) is 3.02. The van der Waals surface area contributed by atoms with Gasteiger partial charge in [0.15, 0.2) is 6.29 Å². The van der Waals surface area contributed by atoms with Gasteiger partial charge >= 0.3 is 0 Å². The van der Waals surface area contributed by atoms with Crippen LogP contribution in [0.4, 0.5) is 0 Å². The Kier molecular flexibility index (Phi) is 4.87. The van der Waals surface area contributed by atoms with Crippen molar-refractivity contribution in [3.63, 3.8) is 0 Å². The van der Waals surface area contributed by atoms with Gasteiger partial charge in [0.2, 0.25) is 0 Å². The first-order valence-corrected chi connectivity index (χ1v) is 6.87. The number of nitrogens with zero attached hydrogens (tertiary/aromatic N) is 3. The molecule has 1 aromatic heterocycles. The quantitative estimate of drug-likeness (QED) is 0.727. The smallest absolute Gasteiger partial charge is 0.172 e. The number of benzene rings is 1. The van der Waals surface area contributed by atoms with Gasteiger partial charge in [-0.25, -0.2) is 4.68 Å². The van der Waals surface area contributed by atoms with Crippen LogP contribution in [0.1, 0.15) is 42.0 Å². The van der Waals surface area contributed by atoms with E-state index >= 15 is 0 Å². The van der Waals surface area contributed by atoms with Gasteiger partial charge in [-0.15, -0.1) is 5.10 Å². The molecule has 0 spiro atoms. The molecular formula is C15H19N3O2. The standard InChI is InChI=1S/C15H19N3O2/c1-3-9-18-15(14(11-19)16-17-18)10-12-5-7-13(8-6-12)20-4-2/h5-8,11H,3-4,9-10H2,1-2H3. The molecule has 0 saturated carbocycles. The van der Waals surface area contributed by atoms with E-state index in [0.717, 1.165) is 36.3 Å². The summed E-state index contributed by atoms with van der Waals surface area (Å²) in [5.41, 5.74) is 2.40. The van der Waals surface area contributed by atoms with Gasteiger partial charge in [-0.2, -0.15) is 0 Å². The average Bonchev–Trinajstić information content (AvgIpc) is 2.84. The third kappa shape index (κ3) is 3.23. The van der Waals surface area contributed by atoms with Crippen molar-refractivity contribution in [2.75, 3.05) is 6.61 Å². The second-order valence-corrected chi connectivity index (χ2v) is 4.52. The van der Waals surface area contributed by atoms with Crippen LogP contribution in [0, 0.1) is 0 Å². The van der Waals surface area contributed by atoms with Crippen molar-refractivity contribution in [2.24, 2.45) is 0 Å². The van der Waals surface area contributed by atoms with E-state index < -0.39 is 0 Å². The molecule has 2 aromatic rings. The number of aromatic nitrogens is 3. The summed E-state index contributed by atoms with van der Waals surface area (Å²) in [7, 11) is 0. The number of hydrogen-bond donors (Lipinski definition) is 0. The summed E-state index contributed by atoms with van der Waals surface area (Å²) >= 11 is 0. The summed E-state index contributed by atoms with van der Waals surface area (Å²) in [4.78, 5) is 11.0. The number of carbonyl (C=O) groups excluding carboxylic acids is 1. The Bertz CT molecular complexity index is 561. The van der Waals surface area contributed by atoms with Crippen LogP contribution < -0.4 is 4.74 Å². The molecule has 0 aliphatic heterocycles. The van der Waals surface area contributed by atoms with Gasteiger partial charge in [0.25, 0.3) is 0 Å². The van der Waals surface area contributed by atoms with Crippen LogP contribution in [0.3, 0.4) is 0 Å². The van der Waals surface area contributed by atoms with E-state index in [1.54, 1.807) is 4.68 Å². The summed E-state index contributed by atoms with van der Waals surface area (Å²) in [5, 5.41) is 7.95. The van der Waals surface area contributed by atoms with Crippen molar-refractivity contribution in [1.29, 1.82) is 0 Å². The molecule has 106 valence electrons. The monoisotopic (exact) mass is 273 g/mol. The first kappa shape index (κ1) is 14.2. The van der Waals surface area contributed by atoms with Gasteiger partial charge in [-0.3, -0.25) is 4.79 Å². The van der Waals surface area contributed by atoms with Gasteiger partial charge in [0.1, 0.15) is 11.4 Å². The second kappa shape index (κ2) is 6.84. The molecule has 20 heavy (non-hydrogen) atoms. The van der Waals surface area contributed by atoms with Crippen LogP contribution in [-0.4, -0.2) is 27.9 Å². The normalized spacial score (nSPS) is 10.5. The van der Waals surface area contributed by atoms with Gasteiger partial charge in [-0.1, -0.05) is 24.3 Å². The molecule has 0 aliphatic carbocycles. The zero-order chi connectivity index (χ0) is 14.4. The Morgan fingerprint density at radius 2 is 2.00 bits per heavy atom. The number of aldehydes is 1. The molecular weight excluding hydrogens is 254 g/mol. The van der Waals surface area contributed by atoms with Crippen LogP contribution in [0.2, 0.25) is 0 Å². The van der Waals surface area contributed by atoms with E-state index in [0.29, 0.717) is 18.7 Å². The molecule has 0 N–H and O–H groups in total. The second-order valence-electron chi connectivity index (χ2n) is 4.52. The molecule has 0 aliphatic rings. The molecule has 0 amide bonds. The first-order valence-electron chi connectivity index (χ1n) is 6.87. The summed E-state index contributed by atoms with van der Waals surface area (Å²) in [6.07, 6.45) is 2.37. The first-order chi connectivity index (χ1) is 9.78. The summed E-state index contributed by atoms with van der Waals surface area (Å²) < 4.78 is 7.22. The zero-order valence-corrected chi connectivity index (χ0v) is 11.9. The van der Waals surface area contributed by atoms with E-state index in [-0.39, 0.29) is 0 Å². The minimum Gasteiger partial charge on any atom is -0.494 e. The summed E-state index contributed by atoms with van der Waals surface area (Å²) in [6, 6.07) is 7.88. The van der Waals surface area contributed by atoms with Crippen molar-refractivity contribution < 1.29 is 9.53 Å². The Hall–Kier alpha value is -2.17. The molecule has 1 aromatic carbocycles. The maximum Gasteiger partial charge on any atom is 0.172 e. The largest absolute Gasteiger partial charge is 0.494 e. The van der Waals surface area contributed by atoms with E-state index in [4.69, 9.17) is 4.74 Å². The zero-order valence-electron chi connectivity index (χ0n) is 11.9. The molecule has 0 unspecified atom stereocenters. The van der Waals surface area contributed by atoms with Crippen molar-refractivity contribution >= 4 is 6.29 Å². The Morgan fingerprint density at radius 1 is 1.25 bits per heavy atom. The number of aryl methyl sites for hydroxylation is 1. The van der Waals surface area contributed by atoms with Crippen molar-refractivity contribution in [2.45, 2.75) is 33.2 Å². The lowest BCUT2D eigenvalue weighted by atomic mass is 10.1. The molecule has 2 rings (SSSR count). The predicted molar refractivity (Wildman–Crippen MR) is 76.1 cm³/mol. The van der Waals surface area contributed by atoms with Crippen LogP contribution in [0.5, 0.6) is 5.75 Å². The minimum atomic E-state index is 0.423. The lowest BCUT2D eigenvalue weighted by Crippen LogP contribution is -2.06. The fourth-order valence-electron chi connectivity index (χ4n) is 2.07. The highest BCUT2D eigenvalue weighted by Gasteiger charge is 2.12. The molecule has 1 heterocycles. The number of ether oxygens (including phenoxy) is 1. The van der Waals surface area contributed by atoms with Crippen molar-refractivity contribution in [1.82, 2.24) is 15.0 Å². The maximum absolute atomic E-state index is 11.0. The molecule has 0 bridgehead atoms. The minimum absolute atomic E-state index is 0.423. The molecule has 0 radical (unpaired) electrons. The molecule has 5 heteroatoms. The SMILES string of the molecule is CCCn1nnc(C=O)c1Cc1ccc(OCC)cc1. The number of carbonyl (C=O) groups is 1. The van der Waals surface area contributed by atoms with E-state index in [1.165, 1.54) is 0 Å². The fourth-order valence-corrected chi connectivity index (χ4v) is 2.07. The van der Waals surface area contributed by atoms with Gasteiger partial charge in [0.05, 0.1) is 12.3 Å². The maximum atomic E-state index is 11.0. The van der Waals surface area contributed by atoms with Crippen LogP contribution in [0.15, 0.2) is 24.3 Å². The number of rotatable bonds is 7. The Morgan fingerprint density at radius 3 is 2.60 bits per heavy atom. The van der Waals surface area contributed by atoms with E-state index in [2.05, 4.69) is 17.2 Å². The van der Waals surface area contributed by atoms with E-state index in [9.17, 15) is 4.79 Å². The molecule has 0 atom stereocenters. The average molecular weight is 273 g/mol. The molecule has 5 nitrogen and oxygen atoms in total. The van der Waals surface area contributed by atoms with Crippen LogP contribution >= 0.6 is 0 Å². The lowest BCUT2D eigenvalue weighted by molar-refractivity contribution is 0.111. The van der Waals surface area contributed by atoms with Crippen molar-refractivity contribution in [3.05, 3.63) is 41.2 Å². The highest BCUT2D eigenvalue weighted by atomic mass is 16.5. The highest BCUT2D eigenvalue weighted by molar-refractivity contribution is 5.73. The van der Waals surface area contributed by atoms with Crippen LogP contribution in [0.25, 0.3) is 0 Å². The summed E-state index contributed by atoms with van der Waals surface area (Å²) in [5.74, 6) is 0.854. The third-order valence-electron chi connectivity index (χ3n) is 3.02. The predicted octanol–water partition coefficient (Wildman–Crippen LogP) is 2.49. The van der Waals surface area contributed by atoms with Gasteiger partial charge < -0.3 is 4.74 Å². The summed E-state index contributed by atoms with van der Waals surface area (Å²) in [6.45, 7) is 5.46. The van der Waals surface area contributed by atoms with Gasteiger partial charge in [-0.05, 0) is 31.0 Å². The Balaban J connectivity index is 2.19.